The topological polar surface area (TPSA) is 9.23 Å². The van der Waals surface area contributed by atoms with Crippen molar-refractivity contribution in [2.75, 3.05) is 0 Å². The van der Waals surface area contributed by atoms with Crippen LogP contribution in [-0.2, 0) is 4.43 Å². The zero-order valence-electron chi connectivity index (χ0n) is 10.7. The lowest BCUT2D eigenvalue weighted by molar-refractivity contribution is 0.510. The molecule has 2 heteroatoms. The quantitative estimate of drug-likeness (QED) is 0.555. The molecule has 1 rings (SSSR count). The van der Waals surface area contributed by atoms with Crippen molar-refractivity contribution in [2.45, 2.75) is 26.6 Å². The van der Waals surface area contributed by atoms with Gasteiger partial charge in [0.1, 0.15) is 5.76 Å². The first-order valence-corrected chi connectivity index (χ1v) is 9.08. The summed E-state index contributed by atoms with van der Waals surface area (Å²) in [5, 5.41) is 0. The molecule has 0 aliphatic rings. The predicted molar refractivity (Wildman–Crippen MR) is 73.4 cm³/mol. The monoisotopic (exact) mass is 233 g/mol. The molecule has 87 valence electrons. The summed E-state index contributed by atoms with van der Waals surface area (Å²) >= 11 is 0. The minimum atomic E-state index is -1.57. The zero-order chi connectivity index (χ0) is 12.2. The van der Waals surface area contributed by atoms with Gasteiger partial charge in [0.2, 0.25) is 8.32 Å². The van der Waals surface area contributed by atoms with E-state index in [1.54, 1.807) is 0 Å². The van der Waals surface area contributed by atoms with E-state index in [9.17, 15) is 0 Å². The number of rotatable bonds is 4. The standard InChI is InChI=1S/C14H21OSi/c1-12(2)11-14(15-16(3,4)5)13-9-7-6-8-10-13/h6-12H,1H2,2-5H3/b14-11-. The van der Waals surface area contributed by atoms with Crippen LogP contribution in [0.4, 0.5) is 0 Å². The molecule has 0 saturated heterocycles. The Balaban J connectivity index is 2.98. The Bertz CT molecular complexity index is 347. The number of benzene rings is 1. The Kier molecular flexibility index (Phi) is 4.36. The molecule has 0 aromatic heterocycles. The van der Waals surface area contributed by atoms with Crippen LogP contribution >= 0.6 is 0 Å². The molecule has 1 atom stereocenters. The number of hydrogen-bond acceptors (Lipinski definition) is 1. The van der Waals surface area contributed by atoms with Gasteiger partial charge in [0.15, 0.2) is 0 Å². The molecule has 0 aliphatic heterocycles. The fourth-order valence-electron chi connectivity index (χ4n) is 1.38. The Morgan fingerprint density at radius 3 is 2.25 bits per heavy atom. The van der Waals surface area contributed by atoms with Crippen LogP contribution in [0.25, 0.3) is 5.76 Å². The third-order valence-corrected chi connectivity index (χ3v) is 2.74. The number of hydrogen-bond donors (Lipinski definition) is 0. The second-order valence-electron chi connectivity index (χ2n) is 5.09. The van der Waals surface area contributed by atoms with Gasteiger partial charge in [-0.2, -0.15) is 0 Å². The van der Waals surface area contributed by atoms with E-state index >= 15 is 0 Å². The van der Waals surface area contributed by atoms with Gasteiger partial charge in [0.25, 0.3) is 0 Å². The van der Waals surface area contributed by atoms with E-state index in [-0.39, 0.29) is 5.92 Å². The summed E-state index contributed by atoms with van der Waals surface area (Å²) in [5.41, 5.74) is 1.14. The van der Waals surface area contributed by atoms with Crippen LogP contribution in [-0.4, -0.2) is 8.32 Å². The zero-order valence-corrected chi connectivity index (χ0v) is 11.7. The molecule has 0 fully saturated rings. The van der Waals surface area contributed by atoms with Gasteiger partial charge in [-0.3, -0.25) is 0 Å². The second-order valence-corrected chi connectivity index (χ2v) is 9.52. The van der Waals surface area contributed by atoms with Crippen LogP contribution in [0.3, 0.4) is 0 Å². The lowest BCUT2D eigenvalue weighted by Crippen LogP contribution is -2.24. The molecule has 0 bridgehead atoms. The highest BCUT2D eigenvalue weighted by atomic mass is 28.4. The van der Waals surface area contributed by atoms with Gasteiger partial charge in [0.05, 0.1) is 0 Å². The maximum atomic E-state index is 6.09. The van der Waals surface area contributed by atoms with Gasteiger partial charge < -0.3 is 4.43 Å². The SMILES string of the molecule is [CH2]C(C)/C=C(\O[Si](C)(C)C)c1ccccc1. The molecule has 16 heavy (non-hydrogen) atoms. The van der Waals surface area contributed by atoms with Crippen molar-refractivity contribution < 1.29 is 4.43 Å². The highest BCUT2D eigenvalue weighted by molar-refractivity contribution is 6.70. The van der Waals surface area contributed by atoms with Crippen molar-refractivity contribution in [3.8, 4) is 0 Å². The summed E-state index contributed by atoms with van der Waals surface area (Å²) in [4.78, 5) is 0. The van der Waals surface area contributed by atoms with Crippen LogP contribution in [0.2, 0.25) is 19.6 Å². The summed E-state index contributed by atoms with van der Waals surface area (Å²) in [6.45, 7) is 12.6. The van der Waals surface area contributed by atoms with E-state index in [1.165, 1.54) is 0 Å². The van der Waals surface area contributed by atoms with Crippen LogP contribution in [0, 0.1) is 12.8 Å². The van der Waals surface area contributed by atoms with Gasteiger partial charge in [-0.15, -0.1) is 0 Å². The Labute approximate surface area is 100 Å². The summed E-state index contributed by atoms with van der Waals surface area (Å²) in [6.07, 6.45) is 2.09. The van der Waals surface area contributed by atoms with Crippen LogP contribution in [0.15, 0.2) is 36.4 Å². The largest absolute Gasteiger partial charge is 0.544 e. The maximum absolute atomic E-state index is 6.09. The molecule has 1 aromatic carbocycles. The molecule has 0 aliphatic carbocycles. The van der Waals surface area contributed by atoms with Crippen molar-refractivity contribution in [1.29, 1.82) is 0 Å². The molecule has 1 aromatic rings. The van der Waals surface area contributed by atoms with E-state index < -0.39 is 8.32 Å². The molecule has 0 spiro atoms. The first kappa shape index (κ1) is 13.0. The molecular formula is C14H21OSi. The molecule has 0 amide bonds. The van der Waals surface area contributed by atoms with Gasteiger partial charge in [-0.1, -0.05) is 37.3 Å². The molecule has 1 unspecified atom stereocenters. The van der Waals surface area contributed by atoms with Crippen molar-refractivity contribution in [2.24, 2.45) is 5.92 Å². The summed E-state index contributed by atoms with van der Waals surface area (Å²) in [6, 6.07) is 10.2. The average Bonchev–Trinajstić information content (AvgIpc) is 2.15. The molecular weight excluding hydrogens is 212 g/mol. The van der Waals surface area contributed by atoms with E-state index in [2.05, 4.69) is 51.7 Å². The third kappa shape index (κ3) is 4.66. The van der Waals surface area contributed by atoms with Gasteiger partial charge in [-0.05, 0) is 38.6 Å². The predicted octanol–water partition coefficient (Wildman–Crippen LogP) is 4.35. The van der Waals surface area contributed by atoms with Gasteiger partial charge in [-0.25, -0.2) is 0 Å². The number of allylic oxidation sites excluding steroid dienone is 1. The summed E-state index contributed by atoms with van der Waals surface area (Å²) in [7, 11) is -1.57. The molecule has 0 N–H and O–H groups in total. The Morgan fingerprint density at radius 1 is 1.25 bits per heavy atom. The Hall–Kier alpha value is -1.02. The van der Waals surface area contributed by atoms with Crippen molar-refractivity contribution in [3.63, 3.8) is 0 Å². The highest BCUT2D eigenvalue weighted by Crippen LogP contribution is 2.22. The fraction of sp³-hybridized carbons (Fsp3) is 0.357. The molecule has 0 saturated carbocycles. The Morgan fingerprint density at radius 2 is 1.81 bits per heavy atom. The van der Waals surface area contributed by atoms with E-state index in [0.29, 0.717) is 0 Å². The average molecular weight is 233 g/mol. The van der Waals surface area contributed by atoms with E-state index in [1.807, 2.05) is 18.2 Å². The minimum absolute atomic E-state index is 0.256. The molecule has 1 nitrogen and oxygen atoms in total. The van der Waals surface area contributed by atoms with Gasteiger partial charge >= 0.3 is 0 Å². The van der Waals surface area contributed by atoms with Crippen molar-refractivity contribution in [3.05, 3.63) is 48.9 Å². The fourth-order valence-corrected chi connectivity index (χ4v) is 2.23. The smallest absolute Gasteiger partial charge is 0.242 e. The van der Waals surface area contributed by atoms with E-state index in [4.69, 9.17) is 4.43 Å². The molecule has 1 radical (unpaired) electrons. The van der Waals surface area contributed by atoms with Crippen LogP contribution < -0.4 is 0 Å². The third-order valence-electron chi connectivity index (χ3n) is 1.91. The van der Waals surface area contributed by atoms with Gasteiger partial charge in [0, 0.05) is 5.56 Å². The van der Waals surface area contributed by atoms with E-state index in [0.717, 1.165) is 11.3 Å². The maximum Gasteiger partial charge on any atom is 0.242 e. The lowest BCUT2D eigenvalue weighted by atomic mass is 10.1. The van der Waals surface area contributed by atoms with Crippen LogP contribution in [0.1, 0.15) is 12.5 Å². The normalized spacial score (nSPS) is 13.0. The van der Waals surface area contributed by atoms with Crippen LogP contribution in [0.5, 0.6) is 0 Å². The highest BCUT2D eigenvalue weighted by Gasteiger charge is 2.18. The first-order chi connectivity index (χ1) is 7.38. The lowest BCUT2D eigenvalue weighted by Gasteiger charge is -2.22. The van der Waals surface area contributed by atoms with Crippen molar-refractivity contribution in [1.82, 2.24) is 0 Å². The minimum Gasteiger partial charge on any atom is -0.544 e. The summed E-state index contributed by atoms with van der Waals surface area (Å²) < 4.78 is 6.09. The van der Waals surface area contributed by atoms with Crippen molar-refractivity contribution >= 4 is 14.1 Å². The second kappa shape index (κ2) is 5.35. The molecule has 0 heterocycles. The summed E-state index contributed by atoms with van der Waals surface area (Å²) in [5.74, 6) is 1.23. The first-order valence-electron chi connectivity index (χ1n) is 5.68.